The zero-order valence-corrected chi connectivity index (χ0v) is 13.7. The van der Waals surface area contributed by atoms with Crippen molar-refractivity contribution in [1.29, 1.82) is 0 Å². The van der Waals surface area contributed by atoms with Crippen LogP contribution in [0.4, 0.5) is 0 Å². The summed E-state index contributed by atoms with van der Waals surface area (Å²) >= 11 is 12.3. The lowest BCUT2D eigenvalue weighted by Gasteiger charge is -2.19. The number of carbonyl (C=O) groups excluding carboxylic acids is 1. The molecule has 0 aliphatic carbocycles. The molecule has 1 aliphatic rings. The molecule has 2 N–H and O–H groups in total. The van der Waals surface area contributed by atoms with Crippen LogP contribution in [0.15, 0.2) is 12.1 Å². The van der Waals surface area contributed by atoms with Crippen molar-refractivity contribution in [2.75, 3.05) is 13.6 Å². The first-order chi connectivity index (χ1) is 9.92. The third-order valence-electron chi connectivity index (χ3n) is 3.73. The first kappa shape index (κ1) is 16.4. The van der Waals surface area contributed by atoms with E-state index in [1.54, 1.807) is 24.1 Å². The number of ether oxygens (including phenoxy) is 1. The molecule has 2 atom stereocenters. The smallest absolute Gasteiger partial charge is 0.263 e. The van der Waals surface area contributed by atoms with Crippen molar-refractivity contribution in [2.45, 2.75) is 38.3 Å². The summed E-state index contributed by atoms with van der Waals surface area (Å²) in [4.78, 5) is 13.6. The molecule has 6 heteroatoms. The molecule has 116 valence electrons. The van der Waals surface area contributed by atoms with Gasteiger partial charge in [0.25, 0.3) is 5.91 Å². The first-order valence-corrected chi connectivity index (χ1v) is 7.83. The minimum Gasteiger partial charge on any atom is -0.479 e. The molecule has 4 nitrogen and oxygen atoms in total. The van der Waals surface area contributed by atoms with E-state index in [1.807, 2.05) is 6.92 Å². The maximum absolute atomic E-state index is 12.0. The van der Waals surface area contributed by atoms with Gasteiger partial charge in [-0.25, -0.2) is 0 Å². The number of carbonyl (C=O) groups is 1. The van der Waals surface area contributed by atoms with Crippen molar-refractivity contribution in [3.63, 3.8) is 0 Å². The maximum Gasteiger partial charge on any atom is 0.263 e. The normalized spacial score (nSPS) is 20.0. The lowest BCUT2D eigenvalue weighted by atomic mass is 10.0. The highest BCUT2D eigenvalue weighted by molar-refractivity contribution is 6.35. The number of likely N-dealkylation sites (tertiary alicyclic amines) is 1. The van der Waals surface area contributed by atoms with Crippen LogP contribution in [0.5, 0.6) is 5.75 Å². The van der Waals surface area contributed by atoms with Crippen molar-refractivity contribution in [3.05, 3.63) is 27.7 Å². The van der Waals surface area contributed by atoms with Crippen molar-refractivity contribution in [1.82, 2.24) is 4.90 Å². The number of hydrogen-bond acceptors (Lipinski definition) is 3. The Morgan fingerprint density at radius 2 is 2.19 bits per heavy atom. The average molecular weight is 331 g/mol. The maximum atomic E-state index is 12.0. The summed E-state index contributed by atoms with van der Waals surface area (Å²) in [6.45, 7) is 2.71. The van der Waals surface area contributed by atoms with E-state index < -0.39 is 6.10 Å². The Hall–Kier alpha value is -0.970. The summed E-state index contributed by atoms with van der Waals surface area (Å²) in [6, 6.07) is 3.44. The van der Waals surface area contributed by atoms with E-state index in [9.17, 15) is 4.79 Å². The summed E-state index contributed by atoms with van der Waals surface area (Å²) in [7, 11) is 1.77. The van der Waals surface area contributed by atoms with E-state index >= 15 is 0 Å². The molecule has 1 fully saturated rings. The van der Waals surface area contributed by atoms with Crippen LogP contribution in [0.2, 0.25) is 10.0 Å². The molecular formula is C15H20Cl2N2O2. The summed E-state index contributed by atoms with van der Waals surface area (Å²) in [5.41, 5.74) is 6.87. The number of rotatable bonds is 5. The highest BCUT2D eigenvalue weighted by Crippen LogP contribution is 2.35. The number of likely N-dealkylation sites (N-methyl/N-ethyl adjacent to an activating group) is 1. The molecule has 2 rings (SSSR count). The predicted octanol–water partition coefficient (Wildman–Crippen LogP) is 2.88. The van der Waals surface area contributed by atoms with Gasteiger partial charge < -0.3 is 15.4 Å². The van der Waals surface area contributed by atoms with Crippen LogP contribution >= 0.6 is 23.2 Å². The predicted molar refractivity (Wildman–Crippen MR) is 85.1 cm³/mol. The summed E-state index contributed by atoms with van der Waals surface area (Å²) in [5.74, 6) is 0.505. The topological polar surface area (TPSA) is 55.6 Å². The molecule has 1 heterocycles. The second-order valence-corrected chi connectivity index (χ2v) is 6.25. The minimum absolute atomic E-state index is 0.00355. The van der Waals surface area contributed by atoms with Crippen LogP contribution < -0.4 is 10.5 Å². The first-order valence-electron chi connectivity index (χ1n) is 7.07. The zero-order valence-electron chi connectivity index (χ0n) is 12.2. The van der Waals surface area contributed by atoms with Crippen LogP contribution in [-0.4, -0.2) is 36.5 Å². The van der Waals surface area contributed by atoms with Gasteiger partial charge in [0.1, 0.15) is 5.75 Å². The van der Waals surface area contributed by atoms with Crippen LogP contribution in [0.25, 0.3) is 0 Å². The van der Waals surface area contributed by atoms with E-state index in [2.05, 4.69) is 0 Å². The quantitative estimate of drug-likeness (QED) is 0.903. The van der Waals surface area contributed by atoms with Gasteiger partial charge in [-0.3, -0.25) is 4.79 Å². The summed E-state index contributed by atoms with van der Waals surface area (Å²) < 4.78 is 5.88. The molecule has 1 aliphatic heterocycles. The van der Waals surface area contributed by atoms with Gasteiger partial charge >= 0.3 is 0 Å². The van der Waals surface area contributed by atoms with E-state index in [-0.39, 0.29) is 11.9 Å². The Morgan fingerprint density at radius 1 is 1.48 bits per heavy atom. The Morgan fingerprint density at radius 3 is 2.76 bits per heavy atom. The van der Waals surface area contributed by atoms with Crippen molar-refractivity contribution >= 4 is 29.1 Å². The van der Waals surface area contributed by atoms with Gasteiger partial charge in [0, 0.05) is 31.1 Å². The Kier molecular flexibility index (Phi) is 5.36. The molecule has 1 aromatic carbocycles. The highest BCUT2D eigenvalue weighted by atomic mass is 35.5. The van der Waals surface area contributed by atoms with Gasteiger partial charge in [-0.2, -0.15) is 0 Å². The Balaban J connectivity index is 2.26. The van der Waals surface area contributed by atoms with E-state index in [4.69, 9.17) is 33.7 Å². The van der Waals surface area contributed by atoms with Crippen molar-refractivity contribution in [2.24, 2.45) is 5.73 Å². The molecule has 0 bridgehead atoms. The minimum atomic E-state index is -0.481. The van der Waals surface area contributed by atoms with Gasteiger partial charge in [0.15, 0.2) is 6.10 Å². The summed E-state index contributed by atoms with van der Waals surface area (Å²) in [5, 5.41) is 0.962. The zero-order chi connectivity index (χ0) is 15.6. The largest absolute Gasteiger partial charge is 0.479 e. The van der Waals surface area contributed by atoms with E-state index in [0.29, 0.717) is 35.2 Å². The molecule has 21 heavy (non-hydrogen) atoms. The van der Waals surface area contributed by atoms with Crippen molar-refractivity contribution < 1.29 is 9.53 Å². The Bertz CT molecular complexity index is 537. The molecule has 1 saturated heterocycles. The molecule has 1 amide bonds. The van der Waals surface area contributed by atoms with Gasteiger partial charge in [0.2, 0.25) is 0 Å². The molecule has 0 spiro atoms. The lowest BCUT2D eigenvalue weighted by Crippen LogP contribution is -2.30. The SMILES string of the molecule is CCC(N)Cc1cc(Cl)cc(Cl)c1OC1CCN(C)C1=O. The van der Waals surface area contributed by atoms with Crippen LogP contribution in [0, 0.1) is 0 Å². The lowest BCUT2D eigenvalue weighted by molar-refractivity contribution is -0.132. The molecule has 0 radical (unpaired) electrons. The molecule has 0 saturated carbocycles. The molecule has 0 aromatic heterocycles. The average Bonchev–Trinajstić information content (AvgIpc) is 2.74. The second-order valence-electron chi connectivity index (χ2n) is 5.40. The van der Waals surface area contributed by atoms with Gasteiger partial charge in [-0.05, 0) is 30.5 Å². The van der Waals surface area contributed by atoms with E-state index in [0.717, 1.165) is 12.0 Å². The van der Waals surface area contributed by atoms with Gasteiger partial charge in [-0.1, -0.05) is 30.1 Å². The van der Waals surface area contributed by atoms with E-state index in [1.165, 1.54) is 0 Å². The van der Waals surface area contributed by atoms with Crippen molar-refractivity contribution in [3.8, 4) is 5.75 Å². The van der Waals surface area contributed by atoms with Gasteiger partial charge in [-0.15, -0.1) is 0 Å². The van der Waals surface area contributed by atoms with Crippen LogP contribution in [0.3, 0.4) is 0 Å². The number of hydrogen-bond donors (Lipinski definition) is 1. The number of amides is 1. The fraction of sp³-hybridized carbons (Fsp3) is 0.533. The number of nitrogens with two attached hydrogens (primary N) is 1. The molecule has 2 unspecified atom stereocenters. The van der Waals surface area contributed by atoms with Gasteiger partial charge in [0.05, 0.1) is 5.02 Å². The second kappa shape index (κ2) is 6.86. The third-order valence-corrected chi connectivity index (χ3v) is 4.23. The fourth-order valence-corrected chi connectivity index (χ4v) is 2.95. The third kappa shape index (κ3) is 3.82. The number of nitrogens with zero attached hydrogens (tertiary/aromatic N) is 1. The Labute approximate surface area is 135 Å². The molecule has 1 aromatic rings. The van der Waals surface area contributed by atoms with Crippen LogP contribution in [-0.2, 0) is 11.2 Å². The number of benzene rings is 1. The monoisotopic (exact) mass is 330 g/mol. The fourth-order valence-electron chi connectivity index (χ4n) is 2.37. The van der Waals surface area contributed by atoms with Crippen LogP contribution in [0.1, 0.15) is 25.3 Å². The molecular weight excluding hydrogens is 311 g/mol. The number of halogens is 2. The summed E-state index contributed by atoms with van der Waals surface area (Å²) in [6.07, 6.45) is 1.63. The highest BCUT2D eigenvalue weighted by Gasteiger charge is 2.32. The standard InChI is InChI=1S/C15H20Cl2N2O2/c1-3-11(18)7-9-6-10(16)8-12(17)14(9)21-13-4-5-19(2)15(13)20/h6,8,11,13H,3-5,7,18H2,1-2H3.